The van der Waals surface area contributed by atoms with Gasteiger partial charge in [-0.25, -0.2) is 8.42 Å². The van der Waals surface area contributed by atoms with E-state index in [2.05, 4.69) is 0 Å². The van der Waals surface area contributed by atoms with E-state index in [0.29, 0.717) is 18.5 Å². The molecule has 1 unspecified atom stereocenters. The van der Waals surface area contributed by atoms with Crippen molar-refractivity contribution in [2.24, 2.45) is 5.73 Å². The van der Waals surface area contributed by atoms with Crippen molar-refractivity contribution in [3.05, 3.63) is 29.8 Å². The van der Waals surface area contributed by atoms with Crippen LogP contribution in [0.25, 0.3) is 0 Å². The second-order valence-electron chi connectivity index (χ2n) is 4.97. The monoisotopic (exact) mass is 300 g/mol. The first-order valence-corrected chi connectivity index (χ1v) is 7.70. The Morgan fingerprint density at radius 2 is 2.00 bits per heavy atom. The second-order valence-corrected chi connectivity index (χ2v) is 7.35. The van der Waals surface area contributed by atoms with Crippen LogP contribution in [0, 0.1) is 0 Å². The number of hydrogen-bond donors (Lipinski definition) is 2. The minimum absolute atomic E-state index is 0.117. The van der Waals surface area contributed by atoms with E-state index in [4.69, 9.17) is 18.0 Å². The van der Waals surface area contributed by atoms with E-state index in [1.807, 2.05) is 0 Å². The maximum atomic E-state index is 12.4. The number of thiocarbonyl (C=S) groups is 1. The van der Waals surface area contributed by atoms with Gasteiger partial charge < -0.3 is 10.8 Å². The van der Waals surface area contributed by atoms with Crippen molar-refractivity contribution in [1.29, 1.82) is 0 Å². The zero-order valence-electron chi connectivity index (χ0n) is 10.5. The SMILES string of the molecule is CC1(O)CCN(S(=O)(=O)c2ccc(C(N)=S)cc2)C1. The molecule has 0 aromatic heterocycles. The molecule has 0 aliphatic carbocycles. The molecule has 0 saturated carbocycles. The van der Waals surface area contributed by atoms with Gasteiger partial charge in [-0.05, 0) is 25.5 Å². The molecule has 0 amide bonds. The van der Waals surface area contributed by atoms with Crippen molar-refractivity contribution in [2.45, 2.75) is 23.8 Å². The predicted molar refractivity (Wildman–Crippen MR) is 76.3 cm³/mol. The zero-order valence-corrected chi connectivity index (χ0v) is 12.2. The lowest BCUT2D eigenvalue weighted by Crippen LogP contribution is -2.33. The normalized spacial score (nSPS) is 24.5. The van der Waals surface area contributed by atoms with Gasteiger partial charge in [0.1, 0.15) is 4.99 Å². The molecule has 1 aromatic rings. The molecule has 1 atom stereocenters. The molecule has 0 spiro atoms. The lowest BCUT2D eigenvalue weighted by Gasteiger charge is -2.19. The van der Waals surface area contributed by atoms with E-state index in [0.717, 1.165) is 0 Å². The number of sulfonamides is 1. The van der Waals surface area contributed by atoms with Gasteiger partial charge in [-0.15, -0.1) is 0 Å². The van der Waals surface area contributed by atoms with Crippen LogP contribution in [0.1, 0.15) is 18.9 Å². The molecule has 104 valence electrons. The molecule has 19 heavy (non-hydrogen) atoms. The number of benzene rings is 1. The Morgan fingerprint density at radius 1 is 1.42 bits per heavy atom. The van der Waals surface area contributed by atoms with E-state index in [-0.39, 0.29) is 16.4 Å². The van der Waals surface area contributed by atoms with Crippen molar-refractivity contribution in [3.8, 4) is 0 Å². The van der Waals surface area contributed by atoms with E-state index >= 15 is 0 Å². The minimum Gasteiger partial charge on any atom is -0.389 e. The van der Waals surface area contributed by atoms with Gasteiger partial charge >= 0.3 is 0 Å². The Balaban J connectivity index is 2.28. The number of β-amino-alcohol motifs (C(OH)–C–C–N with tert-alkyl or cyclic N) is 1. The number of nitrogens with zero attached hydrogens (tertiary/aromatic N) is 1. The molecule has 5 nitrogen and oxygen atoms in total. The summed E-state index contributed by atoms with van der Waals surface area (Å²) in [4.78, 5) is 0.415. The fraction of sp³-hybridized carbons (Fsp3) is 0.417. The lowest BCUT2D eigenvalue weighted by molar-refractivity contribution is 0.0762. The van der Waals surface area contributed by atoms with Gasteiger partial charge in [0.05, 0.1) is 10.5 Å². The van der Waals surface area contributed by atoms with Crippen LogP contribution in [0.3, 0.4) is 0 Å². The number of rotatable bonds is 3. The standard InChI is InChI=1S/C12H16N2O3S2/c1-12(15)6-7-14(8-12)19(16,17)10-4-2-9(3-5-10)11(13)18/h2-5,15H,6-8H2,1H3,(H2,13,18). The van der Waals surface area contributed by atoms with Crippen LogP contribution in [0.2, 0.25) is 0 Å². The average Bonchev–Trinajstić information content (AvgIpc) is 2.70. The highest BCUT2D eigenvalue weighted by molar-refractivity contribution is 7.89. The Bertz CT molecular complexity index is 594. The molecule has 1 aliphatic heterocycles. The van der Waals surface area contributed by atoms with Gasteiger partial charge in [0.15, 0.2) is 0 Å². The Kier molecular flexibility index (Phi) is 3.65. The number of aliphatic hydroxyl groups is 1. The molecule has 2 rings (SSSR count). The summed E-state index contributed by atoms with van der Waals surface area (Å²) in [6.07, 6.45) is 0.442. The van der Waals surface area contributed by atoms with Crippen molar-refractivity contribution in [1.82, 2.24) is 4.31 Å². The fourth-order valence-electron chi connectivity index (χ4n) is 2.05. The first kappa shape index (κ1) is 14.4. The highest BCUT2D eigenvalue weighted by atomic mass is 32.2. The summed E-state index contributed by atoms with van der Waals surface area (Å²) >= 11 is 4.82. The summed E-state index contributed by atoms with van der Waals surface area (Å²) in [7, 11) is -3.56. The third kappa shape index (κ3) is 2.94. The number of nitrogens with two attached hydrogens (primary N) is 1. The Hall–Kier alpha value is -1.02. The maximum Gasteiger partial charge on any atom is 0.243 e. The van der Waals surface area contributed by atoms with Gasteiger partial charge in [0.25, 0.3) is 0 Å². The van der Waals surface area contributed by atoms with Gasteiger partial charge in [-0.3, -0.25) is 0 Å². The molecular formula is C12H16N2O3S2. The molecular weight excluding hydrogens is 284 g/mol. The van der Waals surface area contributed by atoms with Gasteiger partial charge in [0.2, 0.25) is 10.0 Å². The van der Waals surface area contributed by atoms with E-state index in [1.165, 1.54) is 16.4 Å². The average molecular weight is 300 g/mol. The Morgan fingerprint density at radius 3 is 2.42 bits per heavy atom. The van der Waals surface area contributed by atoms with Crippen LogP contribution in [0.15, 0.2) is 29.2 Å². The van der Waals surface area contributed by atoms with Crippen LogP contribution in [-0.4, -0.2) is 41.5 Å². The second kappa shape index (κ2) is 4.82. The topological polar surface area (TPSA) is 83.6 Å². The van der Waals surface area contributed by atoms with Gasteiger partial charge in [-0.2, -0.15) is 4.31 Å². The van der Waals surface area contributed by atoms with E-state index in [1.54, 1.807) is 19.1 Å². The fourth-order valence-corrected chi connectivity index (χ4v) is 3.74. The largest absolute Gasteiger partial charge is 0.389 e. The summed E-state index contributed by atoms with van der Waals surface area (Å²) < 4.78 is 26.0. The first-order valence-electron chi connectivity index (χ1n) is 5.85. The van der Waals surface area contributed by atoms with Crippen molar-refractivity contribution in [3.63, 3.8) is 0 Å². The quantitative estimate of drug-likeness (QED) is 0.793. The number of hydrogen-bond acceptors (Lipinski definition) is 4. The maximum absolute atomic E-state index is 12.4. The molecule has 1 aliphatic rings. The lowest BCUT2D eigenvalue weighted by atomic mass is 10.1. The molecule has 3 N–H and O–H groups in total. The van der Waals surface area contributed by atoms with Crippen LogP contribution in [-0.2, 0) is 10.0 Å². The third-order valence-corrected chi connectivity index (χ3v) is 5.29. The molecule has 1 fully saturated rings. The van der Waals surface area contributed by atoms with Crippen molar-refractivity contribution < 1.29 is 13.5 Å². The van der Waals surface area contributed by atoms with Crippen molar-refractivity contribution >= 4 is 27.2 Å². The molecule has 1 heterocycles. The highest BCUT2D eigenvalue weighted by Gasteiger charge is 2.38. The van der Waals surface area contributed by atoms with Crippen LogP contribution in [0.4, 0.5) is 0 Å². The zero-order chi connectivity index (χ0) is 14.3. The third-order valence-electron chi connectivity index (χ3n) is 3.19. The van der Waals surface area contributed by atoms with Crippen LogP contribution < -0.4 is 5.73 Å². The molecule has 0 radical (unpaired) electrons. The van der Waals surface area contributed by atoms with Crippen molar-refractivity contribution in [2.75, 3.05) is 13.1 Å². The minimum atomic E-state index is -3.56. The molecule has 7 heteroatoms. The summed E-state index contributed by atoms with van der Waals surface area (Å²) in [6, 6.07) is 6.14. The van der Waals surface area contributed by atoms with Gasteiger partial charge in [0, 0.05) is 18.7 Å². The van der Waals surface area contributed by atoms with Crippen LogP contribution in [0.5, 0.6) is 0 Å². The van der Waals surface area contributed by atoms with Gasteiger partial charge in [-0.1, -0.05) is 24.4 Å². The van der Waals surface area contributed by atoms with E-state index < -0.39 is 15.6 Å². The summed E-state index contributed by atoms with van der Waals surface area (Å²) in [5, 5.41) is 9.85. The molecule has 1 saturated heterocycles. The highest BCUT2D eigenvalue weighted by Crippen LogP contribution is 2.26. The first-order chi connectivity index (χ1) is 8.72. The predicted octanol–water partition coefficient (Wildman–Crippen LogP) is 0.466. The molecule has 1 aromatic carbocycles. The summed E-state index contributed by atoms with van der Waals surface area (Å²) in [6.45, 7) is 2.08. The smallest absolute Gasteiger partial charge is 0.243 e. The summed E-state index contributed by atoms with van der Waals surface area (Å²) in [5.74, 6) is 0. The summed E-state index contributed by atoms with van der Waals surface area (Å²) in [5.41, 5.74) is 5.14. The van der Waals surface area contributed by atoms with E-state index in [9.17, 15) is 13.5 Å². The van der Waals surface area contributed by atoms with Crippen LogP contribution >= 0.6 is 12.2 Å². The molecule has 0 bridgehead atoms. The Labute approximate surface area is 118 Å².